The Hall–Kier alpha value is -2.77. The van der Waals surface area contributed by atoms with Gasteiger partial charge in [0.2, 0.25) is 0 Å². The minimum absolute atomic E-state index is 0.0109. The first-order valence-corrected chi connectivity index (χ1v) is 9.63. The second-order valence-electron chi connectivity index (χ2n) is 7.30. The molecule has 0 unspecified atom stereocenters. The number of carbonyl (C=O) groups excluding carboxylic acids is 2. The lowest BCUT2D eigenvalue weighted by Gasteiger charge is -2.31. The SMILES string of the molecule is O=C(NC1CCCC1)c1cn(C2CCN(C(=O)c3cccnc3)CC2)nn1. The predicted molar refractivity (Wildman–Crippen MR) is 98.2 cm³/mol. The summed E-state index contributed by atoms with van der Waals surface area (Å²) in [5.41, 5.74) is 0.985. The van der Waals surface area contributed by atoms with Gasteiger partial charge in [-0.2, -0.15) is 0 Å². The molecule has 8 nitrogen and oxygen atoms in total. The molecule has 0 atom stereocenters. The minimum Gasteiger partial charge on any atom is -0.348 e. The maximum Gasteiger partial charge on any atom is 0.273 e. The molecule has 0 aromatic carbocycles. The summed E-state index contributed by atoms with van der Waals surface area (Å²) in [6, 6.07) is 3.98. The maximum absolute atomic E-state index is 12.5. The van der Waals surface area contributed by atoms with E-state index in [-0.39, 0.29) is 23.9 Å². The molecule has 1 N–H and O–H groups in total. The zero-order chi connectivity index (χ0) is 18.6. The van der Waals surface area contributed by atoms with Gasteiger partial charge in [0.15, 0.2) is 5.69 Å². The van der Waals surface area contributed by atoms with Gasteiger partial charge in [0.05, 0.1) is 17.8 Å². The molecule has 1 aliphatic carbocycles. The average Bonchev–Trinajstić information content (AvgIpc) is 3.40. The Morgan fingerprint density at radius 1 is 1.11 bits per heavy atom. The van der Waals surface area contributed by atoms with Crippen LogP contribution in [0.3, 0.4) is 0 Å². The van der Waals surface area contributed by atoms with E-state index in [4.69, 9.17) is 0 Å². The van der Waals surface area contributed by atoms with Crippen molar-refractivity contribution in [3.8, 4) is 0 Å². The fraction of sp³-hybridized carbons (Fsp3) is 0.526. The molecule has 2 aromatic heterocycles. The van der Waals surface area contributed by atoms with Crippen LogP contribution in [0.1, 0.15) is 65.4 Å². The van der Waals surface area contributed by atoms with Crippen LogP contribution >= 0.6 is 0 Å². The normalized spacial score (nSPS) is 18.6. The molecule has 142 valence electrons. The van der Waals surface area contributed by atoms with E-state index in [1.165, 1.54) is 12.8 Å². The summed E-state index contributed by atoms with van der Waals surface area (Å²) in [6.07, 6.45) is 11.0. The van der Waals surface area contributed by atoms with Gasteiger partial charge in [-0.1, -0.05) is 18.1 Å². The van der Waals surface area contributed by atoms with E-state index in [9.17, 15) is 9.59 Å². The molecule has 0 radical (unpaired) electrons. The van der Waals surface area contributed by atoms with Crippen molar-refractivity contribution in [1.29, 1.82) is 0 Å². The highest BCUT2D eigenvalue weighted by Gasteiger charge is 2.26. The molecule has 3 heterocycles. The molecular formula is C19H24N6O2. The number of carbonyl (C=O) groups is 2. The van der Waals surface area contributed by atoms with Gasteiger partial charge in [-0.25, -0.2) is 4.68 Å². The molecule has 27 heavy (non-hydrogen) atoms. The van der Waals surface area contributed by atoms with Gasteiger partial charge in [0.1, 0.15) is 0 Å². The number of nitrogens with one attached hydrogen (secondary N) is 1. The minimum atomic E-state index is -0.141. The van der Waals surface area contributed by atoms with E-state index in [0.29, 0.717) is 24.3 Å². The highest BCUT2D eigenvalue weighted by molar-refractivity contribution is 5.94. The first kappa shape index (κ1) is 17.6. The number of hydrogen-bond donors (Lipinski definition) is 1. The number of pyridine rings is 1. The Kier molecular flexibility index (Phi) is 5.13. The van der Waals surface area contributed by atoms with Crippen LogP contribution in [0.5, 0.6) is 0 Å². The predicted octanol–water partition coefficient (Wildman–Crippen LogP) is 1.82. The van der Waals surface area contributed by atoms with Gasteiger partial charge in [-0.15, -0.1) is 5.10 Å². The third kappa shape index (κ3) is 3.99. The second-order valence-corrected chi connectivity index (χ2v) is 7.30. The first-order valence-electron chi connectivity index (χ1n) is 9.63. The van der Waals surface area contributed by atoms with Gasteiger partial charge in [-0.3, -0.25) is 14.6 Å². The molecule has 1 aliphatic heterocycles. The quantitative estimate of drug-likeness (QED) is 0.889. The lowest BCUT2D eigenvalue weighted by Crippen LogP contribution is -2.39. The molecule has 1 saturated heterocycles. The molecule has 0 spiro atoms. The third-order valence-electron chi connectivity index (χ3n) is 5.47. The van der Waals surface area contributed by atoms with Crippen LogP contribution in [0.25, 0.3) is 0 Å². The van der Waals surface area contributed by atoms with Gasteiger partial charge in [0, 0.05) is 31.5 Å². The molecule has 2 fully saturated rings. The number of nitrogens with zero attached hydrogens (tertiary/aromatic N) is 5. The van der Waals surface area contributed by atoms with E-state index in [1.807, 2.05) is 4.90 Å². The van der Waals surface area contributed by atoms with E-state index in [2.05, 4.69) is 20.6 Å². The second kappa shape index (κ2) is 7.85. The monoisotopic (exact) mass is 368 g/mol. The average molecular weight is 368 g/mol. The number of aromatic nitrogens is 4. The summed E-state index contributed by atoms with van der Waals surface area (Å²) in [7, 11) is 0. The maximum atomic E-state index is 12.5. The number of rotatable bonds is 4. The van der Waals surface area contributed by atoms with Crippen molar-refractivity contribution in [1.82, 2.24) is 30.2 Å². The summed E-state index contributed by atoms with van der Waals surface area (Å²) in [4.78, 5) is 30.7. The smallest absolute Gasteiger partial charge is 0.273 e. The molecule has 2 amide bonds. The summed E-state index contributed by atoms with van der Waals surface area (Å²) in [5, 5.41) is 11.2. The van der Waals surface area contributed by atoms with Gasteiger partial charge in [0.25, 0.3) is 11.8 Å². The Labute approximate surface area is 158 Å². The molecule has 0 bridgehead atoms. The fourth-order valence-electron chi connectivity index (χ4n) is 3.89. The Morgan fingerprint density at radius 3 is 2.59 bits per heavy atom. The van der Waals surface area contributed by atoms with Gasteiger partial charge >= 0.3 is 0 Å². The molecule has 8 heteroatoms. The molecule has 4 rings (SSSR count). The lowest BCUT2D eigenvalue weighted by molar-refractivity contribution is 0.0688. The van der Waals surface area contributed by atoms with E-state index in [1.54, 1.807) is 35.4 Å². The van der Waals surface area contributed by atoms with Crippen molar-refractivity contribution >= 4 is 11.8 Å². The summed E-state index contributed by atoms with van der Waals surface area (Å²) >= 11 is 0. The summed E-state index contributed by atoms with van der Waals surface area (Å²) in [5.74, 6) is -0.130. The molecule has 2 aliphatic rings. The number of hydrogen-bond acceptors (Lipinski definition) is 5. The molecular weight excluding hydrogens is 344 g/mol. The number of amides is 2. The summed E-state index contributed by atoms with van der Waals surface area (Å²) in [6.45, 7) is 1.31. The van der Waals surface area contributed by atoms with Crippen LogP contribution < -0.4 is 5.32 Å². The topological polar surface area (TPSA) is 93.0 Å². The van der Waals surface area contributed by atoms with Crippen LogP contribution in [0.4, 0.5) is 0 Å². The van der Waals surface area contributed by atoms with E-state index < -0.39 is 0 Å². The van der Waals surface area contributed by atoms with E-state index in [0.717, 1.165) is 25.7 Å². The van der Waals surface area contributed by atoms with Crippen LogP contribution in [0, 0.1) is 0 Å². The van der Waals surface area contributed by atoms with Crippen LogP contribution in [0.15, 0.2) is 30.7 Å². The van der Waals surface area contributed by atoms with Crippen molar-refractivity contribution < 1.29 is 9.59 Å². The van der Waals surface area contributed by atoms with Crippen LogP contribution in [0.2, 0.25) is 0 Å². The van der Waals surface area contributed by atoms with Crippen molar-refractivity contribution in [3.63, 3.8) is 0 Å². The van der Waals surface area contributed by atoms with Crippen molar-refractivity contribution in [3.05, 3.63) is 42.0 Å². The standard InChI is InChI=1S/C19H24N6O2/c26-18(21-15-5-1-2-6-15)17-13-25(23-22-17)16-7-10-24(11-8-16)19(27)14-4-3-9-20-12-14/h3-4,9,12-13,15-16H,1-2,5-8,10-11H2,(H,21,26). The van der Waals surface area contributed by atoms with Crippen molar-refractivity contribution in [2.45, 2.75) is 50.6 Å². The lowest BCUT2D eigenvalue weighted by atomic mass is 10.0. The van der Waals surface area contributed by atoms with Crippen LogP contribution in [-0.2, 0) is 0 Å². The summed E-state index contributed by atoms with van der Waals surface area (Å²) < 4.78 is 1.77. The Morgan fingerprint density at radius 2 is 1.89 bits per heavy atom. The highest BCUT2D eigenvalue weighted by atomic mass is 16.2. The number of piperidine rings is 1. The zero-order valence-electron chi connectivity index (χ0n) is 15.3. The van der Waals surface area contributed by atoms with Crippen molar-refractivity contribution in [2.75, 3.05) is 13.1 Å². The van der Waals surface area contributed by atoms with Gasteiger partial charge in [-0.05, 0) is 37.8 Å². The molecule has 1 saturated carbocycles. The third-order valence-corrected chi connectivity index (χ3v) is 5.47. The first-order chi connectivity index (χ1) is 13.2. The highest BCUT2D eigenvalue weighted by Crippen LogP contribution is 2.23. The number of likely N-dealkylation sites (tertiary alicyclic amines) is 1. The Bertz CT molecular complexity index is 792. The van der Waals surface area contributed by atoms with E-state index >= 15 is 0 Å². The largest absolute Gasteiger partial charge is 0.348 e. The van der Waals surface area contributed by atoms with Crippen LogP contribution in [-0.4, -0.2) is 55.8 Å². The van der Waals surface area contributed by atoms with Crippen molar-refractivity contribution in [2.24, 2.45) is 0 Å². The fourth-order valence-corrected chi connectivity index (χ4v) is 3.89. The Balaban J connectivity index is 1.32. The zero-order valence-corrected chi connectivity index (χ0v) is 15.3. The van der Waals surface area contributed by atoms with Gasteiger partial charge < -0.3 is 10.2 Å². The molecule has 2 aromatic rings.